The van der Waals surface area contributed by atoms with Gasteiger partial charge in [0.25, 0.3) is 0 Å². The molecule has 1 fully saturated rings. The van der Waals surface area contributed by atoms with Gasteiger partial charge < -0.3 is 10.1 Å². The first kappa shape index (κ1) is 29.9. The molecule has 1 aliphatic rings. The van der Waals surface area contributed by atoms with Crippen LogP contribution in [-0.2, 0) is 27.3 Å². The number of hydrogen-bond donors (Lipinski definition) is 1. The third-order valence-corrected chi connectivity index (χ3v) is 9.23. The van der Waals surface area contributed by atoms with E-state index in [4.69, 9.17) is 14.7 Å². The molecule has 2 atom stereocenters. The van der Waals surface area contributed by atoms with Crippen LogP contribution in [0.15, 0.2) is 65.7 Å². The van der Waals surface area contributed by atoms with Gasteiger partial charge in [-0.15, -0.1) is 0 Å². The fourth-order valence-corrected chi connectivity index (χ4v) is 6.17. The van der Waals surface area contributed by atoms with Crippen LogP contribution in [0.5, 0.6) is 0 Å². The van der Waals surface area contributed by atoms with E-state index >= 15 is 0 Å². The van der Waals surface area contributed by atoms with Gasteiger partial charge in [-0.25, -0.2) is 18.4 Å². The van der Waals surface area contributed by atoms with E-state index in [-0.39, 0.29) is 28.4 Å². The maximum absolute atomic E-state index is 13.8. The highest BCUT2D eigenvalue weighted by molar-refractivity contribution is 7.92. The molecular weight excluding hydrogens is 567 g/mol. The molecule has 1 N–H and O–H groups in total. The lowest BCUT2D eigenvalue weighted by Gasteiger charge is -2.34. The van der Waals surface area contributed by atoms with Crippen LogP contribution in [0.4, 0.5) is 24.7 Å². The second-order valence-electron chi connectivity index (χ2n) is 10.8. The molecular formula is C30H32F3N5O3S. The van der Waals surface area contributed by atoms with Gasteiger partial charge in [0.1, 0.15) is 11.6 Å². The number of fused-ring (bicyclic) bond motifs is 1. The maximum Gasteiger partial charge on any atom is 0.418 e. The molecule has 42 heavy (non-hydrogen) atoms. The first-order valence-electron chi connectivity index (χ1n) is 13.6. The van der Waals surface area contributed by atoms with Crippen molar-refractivity contribution < 1.29 is 26.3 Å². The SMILES string of the molecule is CC(C)S(=O)(=O)c1ccc(Nc2nc(CN3C[C@@H](C)O[C@H](C)C3)nc3cc(-c4ncccc4C(F)(F)F)ccc23)cc1. The average molecular weight is 600 g/mol. The molecule has 5 rings (SSSR count). The topological polar surface area (TPSA) is 97.3 Å². The van der Waals surface area contributed by atoms with Crippen LogP contribution in [-0.4, -0.2) is 58.8 Å². The number of sulfone groups is 1. The van der Waals surface area contributed by atoms with Crippen molar-refractivity contribution in [2.24, 2.45) is 0 Å². The fourth-order valence-electron chi connectivity index (χ4n) is 5.11. The van der Waals surface area contributed by atoms with Gasteiger partial charge in [-0.3, -0.25) is 9.88 Å². The van der Waals surface area contributed by atoms with Crippen LogP contribution < -0.4 is 5.32 Å². The molecule has 2 aromatic heterocycles. The standard InChI is InChI=1S/C30H32F3N5O3S/c1-18(2)42(39,40)23-10-8-22(9-11-23)35-29-24-12-7-21(28-25(30(31,32)33)6-5-13-34-28)14-26(24)36-27(37-29)17-38-15-19(3)41-20(4)16-38/h5-14,18-20H,15-17H2,1-4H3,(H,35,36,37)/t19-,20-/m1/s1. The van der Waals surface area contributed by atoms with Crippen LogP contribution in [0, 0.1) is 0 Å². The van der Waals surface area contributed by atoms with Gasteiger partial charge >= 0.3 is 6.18 Å². The molecule has 1 saturated heterocycles. The molecule has 0 radical (unpaired) electrons. The number of nitrogens with zero attached hydrogens (tertiary/aromatic N) is 4. The van der Waals surface area contributed by atoms with E-state index in [9.17, 15) is 21.6 Å². The second kappa shape index (κ2) is 11.6. The predicted octanol–water partition coefficient (Wildman–Crippen LogP) is 6.25. The smallest absolute Gasteiger partial charge is 0.373 e. The summed E-state index contributed by atoms with van der Waals surface area (Å²) < 4.78 is 72.2. The largest absolute Gasteiger partial charge is 0.418 e. The Bertz CT molecular complexity index is 1690. The first-order chi connectivity index (χ1) is 19.8. The Morgan fingerprint density at radius 1 is 1.02 bits per heavy atom. The molecule has 4 aromatic rings. The number of rotatable bonds is 7. The summed E-state index contributed by atoms with van der Waals surface area (Å²) in [5.41, 5.74) is 0.324. The molecule has 0 unspecified atom stereocenters. The summed E-state index contributed by atoms with van der Waals surface area (Å²) in [5, 5.41) is 3.30. The summed E-state index contributed by atoms with van der Waals surface area (Å²) in [4.78, 5) is 16.0. The zero-order valence-electron chi connectivity index (χ0n) is 23.7. The van der Waals surface area contributed by atoms with Gasteiger partial charge in [-0.1, -0.05) is 6.07 Å². The van der Waals surface area contributed by atoms with Crippen molar-refractivity contribution in [1.29, 1.82) is 0 Å². The Balaban J connectivity index is 1.57. The quantitative estimate of drug-likeness (QED) is 0.267. The molecule has 0 spiro atoms. The van der Waals surface area contributed by atoms with E-state index in [1.807, 2.05) is 13.8 Å². The Morgan fingerprint density at radius 3 is 2.36 bits per heavy atom. The monoisotopic (exact) mass is 599 g/mol. The molecule has 0 aliphatic carbocycles. The number of pyridine rings is 1. The number of halogens is 3. The molecule has 2 aromatic carbocycles. The number of benzene rings is 2. The van der Waals surface area contributed by atoms with Gasteiger partial charge in [0.05, 0.1) is 45.7 Å². The lowest BCUT2D eigenvalue weighted by molar-refractivity contribution is -0.137. The third kappa shape index (κ3) is 6.40. The van der Waals surface area contributed by atoms with Crippen LogP contribution >= 0.6 is 0 Å². The maximum atomic E-state index is 13.8. The van der Waals surface area contributed by atoms with Crippen molar-refractivity contribution in [3.8, 4) is 11.3 Å². The molecule has 222 valence electrons. The van der Waals surface area contributed by atoms with Crippen molar-refractivity contribution in [2.75, 3.05) is 18.4 Å². The molecule has 3 heterocycles. The molecule has 8 nitrogen and oxygen atoms in total. The Labute approximate surface area is 242 Å². The molecule has 12 heteroatoms. The van der Waals surface area contributed by atoms with Crippen LogP contribution in [0.3, 0.4) is 0 Å². The first-order valence-corrected chi connectivity index (χ1v) is 15.2. The zero-order chi connectivity index (χ0) is 30.2. The number of morpholine rings is 1. The Kier molecular flexibility index (Phi) is 8.23. The number of hydrogen-bond acceptors (Lipinski definition) is 8. The zero-order valence-corrected chi connectivity index (χ0v) is 24.5. The van der Waals surface area contributed by atoms with E-state index in [0.717, 1.165) is 6.07 Å². The summed E-state index contributed by atoms with van der Waals surface area (Å²) >= 11 is 0. The van der Waals surface area contributed by atoms with Gasteiger partial charge in [0.15, 0.2) is 9.84 Å². The molecule has 0 bridgehead atoms. The van der Waals surface area contributed by atoms with E-state index in [0.29, 0.717) is 47.9 Å². The minimum absolute atomic E-state index is 0.0315. The third-order valence-electron chi connectivity index (χ3n) is 7.06. The number of aromatic nitrogens is 3. The van der Waals surface area contributed by atoms with E-state index in [1.54, 1.807) is 44.2 Å². The lowest BCUT2D eigenvalue weighted by Crippen LogP contribution is -2.45. The Hall–Kier alpha value is -3.61. The summed E-state index contributed by atoms with van der Waals surface area (Å²) in [6.45, 7) is 9.03. The van der Waals surface area contributed by atoms with Gasteiger partial charge in [-0.05, 0) is 76.2 Å². The van der Waals surface area contributed by atoms with Gasteiger partial charge in [-0.2, -0.15) is 13.2 Å². The summed E-state index contributed by atoms with van der Waals surface area (Å²) in [7, 11) is -3.43. The fraction of sp³-hybridized carbons (Fsp3) is 0.367. The predicted molar refractivity (Wildman–Crippen MR) is 155 cm³/mol. The highest BCUT2D eigenvalue weighted by atomic mass is 32.2. The van der Waals surface area contributed by atoms with E-state index < -0.39 is 26.8 Å². The number of alkyl halides is 3. The summed E-state index contributed by atoms with van der Waals surface area (Å²) in [5.74, 6) is 0.937. The van der Waals surface area contributed by atoms with Crippen LogP contribution in [0.2, 0.25) is 0 Å². The van der Waals surface area contributed by atoms with Gasteiger partial charge in [0.2, 0.25) is 0 Å². The Morgan fingerprint density at radius 2 is 1.71 bits per heavy atom. The highest BCUT2D eigenvalue weighted by Gasteiger charge is 2.34. The molecule has 0 saturated carbocycles. The summed E-state index contributed by atoms with van der Waals surface area (Å²) in [6.07, 6.45) is -3.18. The van der Waals surface area contributed by atoms with Crippen LogP contribution in [0.25, 0.3) is 22.2 Å². The van der Waals surface area contributed by atoms with Crippen molar-refractivity contribution in [3.05, 3.63) is 72.2 Å². The average Bonchev–Trinajstić information content (AvgIpc) is 2.92. The van der Waals surface area contributed by atoms with Crippen molar-refractivity contribution in [3.63, 3.8) is 0 Å². The minimum Gasteiger partial charge on any atom is -0.373 e. The van der Waals surface area contributed by atoms with Crippen molar-refractivity contribution in [1.82, 2.24) is 19.9 Å². The molecule has 0 amide bonds. The molecule has 1 aliphatic heterocycles. The summed E-state index contributed by atoms with van der Waals surface area (Å²) in [6, 6.07) is 13.5. The van der Waals surface area contributed by atoms with Crippen LogP contribution in [0.1, 0.15) is 39.1 Å². The number of anilines is 2. The van der Waals surface area contributed by atoms with Crippen molar-refractivity contribution in [2.45, 2.75) is 62.8 Å². The van der Waals surface area contributed by atoms with Gasteiger partial charge in [0, 0.05) is 35.9 Å². The van der Waals surface area contributed by atoms with E-state index in [2.05, 4.69) is 15.2 Å². The van der Waals surface area contributed by atoms with E-state index in [1.165, 1.54) is 24.4 Å². The minimum atomic E-state index is -4.57. The number of ether oxygens (including phenoxy) is 1. The van der Waals surface area contributed by atoms with Crippen molar-refractivity contribution >= 4 is 32.2 Å². The normalized spacial score (nSPS) is 18.5. The second-order valence-corrected chi connectivity index (χ2v) is 13.3. The number of nitrogens with one attached hydrogen (secondary N) is 1. The highest BCUT2D eigenvalue weighted by Crippen LogP contribution is 2.37. The lowest BCUT2D eigenvalue weighted by atomic mass is 10.0.